The number of hydrogen-bond acceptors (Lipinski definition) is 6. The van der Waals surface area contributed by atoms with E-state index in [1.165, 1.54) is 7.11 Å². The van der Waals surface area contributed by atoms with E-state index in [4.69, 9.17) is 14.2 Å². The van der Waals surface area contributed by atoms with Crippen LogP contribution in [0.15, 0.2) is 48.5 Å². The van der Waals surface area contributed by atoms with Gasteiger partial charge in [0.1, 0.15) is 12.6 Å². The molecule has 2 rings (SSSR count). The maximum Gasteiger partial charge on any atom is 0.407 e. The molecule has 0 saturated heterocycles. The molecular weight excluding hydrogens is 424 g/mol. The zero-order valence-corrected chi connectivity index (χ0v) is 19.7. The summed E-state index contributed by atoms with van der Waals surface area (Å²) < 4.78 is 15.9. The van der Waals surface area contributed by atoms with Gasteiger partial charge in [-0.05, 0) is 42.0 Å². The van der Waals surface area contributed by atoms with Crippen LogP contribution in [0.3, 0.4) is 0 Å². The number of hydrogen-bond donors (Lipinski definition) is 3. The fourth-order valence-corrected chi connectivity index (χ4v) is 3.47. The second-order valence-electron chi connectivity index (χ2n) is 8.23. The Morgan fingerprint density at radius 1 is 0.970 bits per heavy atom. The molecule has 0 bridgehead atoms. The number of amides is 1. The predicted octanol–water partition coefficient (Wildman–Crippen LogP) is 3.63. The van der Waals surface area contributed by atoms with E-state index in [-0.39, 0.29) is 19.1 Å². The van der Waals surface area contributed by atoms with Gasteiger partial charge in [-0.2, -0.15) is 0 Å². The standard InChI is InChI=1S/C25H34N2O6/c1-17(2)12-20(27-25(30)33-16-18-8-6-5-7-9-18)15-26-21(24(28)29)13-19-10-11-22(31-3)23(14-19)32-4/h5-11,14,17,20-21,26H,12-13,15-16H2,1-4H3,(H,27,30)(H,28,29)/t20-,21+/m1/s1. The molecule has 180 valence electrons. The normalized spacial score (nSPS) is 12.6. The van der Waals surface area contributed by atoms with Gasteiger partial charge in [-0.15, -0.1) is 0 Å². The van der Waals surface area contributed by atoms with Crippen molar-refractivity contribution < 1.29 is 28.9 Å². The van der Waals surface area contributed by atoms with Crippen molar-refractivity contribution in [1.29, 1.82) is 0 Å². The van der Waals surface area contributed by atoms with Crippen LogP contribution < -0.4 is 20.1 Å². The Hall–Kier alpha value is -3.26. The molecular formula is C25H34N2O6. The summed E-state index contributed by atoms with van der Waals surface area (Å²) in [5, 5.41) is 15.7. The Balaban J connectivity index is 1.96. The second kappa shape index (κ2) is 13.3. The molecule has 2 atom stereocenters. The highest BCUT2D eigenvalue weighted by molar-refractivity contribution is 5.74. The van der Waals surface area contributed by atoms with Crippen LogP contribution in [0.25, 0.3) is 0 Å². The van der Waals surface area contributed by atoms with Crippen molar-refractivity contribution in [3.8, 4) is 11.5 Å². The largest absolute Gasteiger partial charge is 0.493 e. The highest BCUT2D eigenvalue weighted by atomic mass is 16.5. The number of methoxy groups -OCH3 is 2. The van der Waals surface area contributed by atoms with Crippen LogP contribution in [0.2, 0.25) is 0 Å². The van der Waals surface area contributed by atoms with Crippen LogP contribution in [0.4, 0.5) is 4.79 Å². The molecule has 0 aliphatic rings. The molecule has 2 aromatic carbocycles. The molecule has 0 aliphatic carbocycles. The lowest BCUT2D eigenvalue weighted by Crippen LogP contribution is -2.48. The van der Waals surface area contributed by atoms with Crippen LogP contribution >= 0.6 is 0 Å². The van der Waals surface area contributed by atoms with E-state index >= 15 is 0 Å². The van der Waals surface area contributed by atoms with Gasteiger partial charge in [0.25, 0.3) is 0 Å². The van der Waals surface area contributed by atoms with Gasteiger partial charge < -0.3 is 30.0 Å². The molecule has 8 nitrogen and oxygen atoms in total. The van der Waals surface area contributed by atoms with E-state index in [0.29, 0.717) is 30.4 Å². The van der Waals surface area contributed by atoms with Crippen molar-refractivity contribution in [2.24, 2.45) is 5.92 Å². The maximum atomic E-state index is 12.3. The van der Waals surface area contributed by atoms with E-state index in [9.17, 15) is 14.7 Å². The van der Waals surface area contributed by atoms with Crippen molar-refractivity contribution in [3.63, 3.8) is 0 Å². The molecule has 8 heteroatoms. The van der Waals surface area contributed by atoms with E-state index in [1.54, 1.807) is 19.2 Å². The van der Waals surface area contributed by atoms with Crippen molar-refractivity contribution in [1.82, 2.24) is 10.6 Å². The molecule has 33 heavy (non-hydrogen) atoms. The first-order chi connectivity index (χ1) is 15.8. The molecule has 0 saturated carbocycles. The second-order valence-corrected chi connectivity index (χ2v) is 8.23. The van der Waals surface area contributed by atoms with Gasteiger partial charge in [0.15, 0.2) is 11.5 Å². The molecule has 0 aliphatic heterocycles. The molecule has 0 radical (unpaired) electrons. The Kier molecular flexibility index (Phi) is 10.5. The smallest absolute Gasteiger partial charge is 0.407 e. The lowest BCUT2D eigenvalue weighted by molar-refractivity contribution is -0.139. The monoisotopic (exact) mass is 458 g/mol. The zero-order chi connectivity index (χ0) is 24.2. The van der Waals surface area contributed by atoms with E-state index in [0.717, 1.165) is 11.1 Å². The number of aliphatic carboxylic acids is 1. The summed E-state index contributed by atoms with van der Waals surface area (Å²) in [6.45, 7) is 4.55. The van der Waals surface area contributed by atoms with Gasteiger partial charge in [0.05, 0.1) is 14.2 Å². The van der Waals surface area contributed by atoms with E-state index in [1.807, 2.05) is 50.2 Å². The van der Waals surface area contributed by atoms with Gasteiger partial charge >= 0.3 is 12.1 Å². The van der Waals surface area contributed by atoms with Gasteiger partial charge in [-0.3, -0.25) is 4.79 Å². The predicted molar refractivity (Wildman–Crippen MR) is 126 cm³/mol. The summed E-state index contributed by atoms with van der Waals surface area (Å²) in [7, 11) is 3.08. The van der Waals surface area contributed by atoms with Gasteiger partial charge in [-0.25, -0.2) is 4.79 Å². The summed E-state index contributed by atoms with van der Waals surface area (Å²) in [5.41, 5.74) is 1.69. The number of rotatable bonds is 13. The van der Waals surface area contributed by atoms with Crippen LogP contribution in [0, 0.1) is 5.92 Å². The highest BCUT2D eigenvalue weighted by Gasteiger charge is 2.22. The average molecular weight is 459 g/mol. The summed E-state index contributed by atoms with van der Waals surface area (Å²) in [5.74, 6) is 0.455. The minimum absolute atomic E-state index is 0.172. The van der Waals surface area contributed by atoms with Crippen molar-refractivity contribution in [2.75, 3.05) is 20.8 Å². The average Bonchev–Trinajstić information content (AvgIpc) is 2.80. The minimum atomic E-state index is -0.972. The molecule has 2 aromatic rings. The SMILES string of the molecule is COc1ccc(C[C@H](NC[C@@H](CC(C)C)NC(=O)OCc2ccccc2)C(=O)O)cc1OC. The first-order valence-electron chi connectivity index (χ1n) is 11.0. The number of carboxylic acid groups (broad SMARTS) is 1. The third kappa shape index (κ3) is 9.02. The van der Waals surface area contributed by atoms with Crippen molar-refractivity contribution in [3.05, 3.63) is 59.7 Å². The third-order valence-electron chi connectivity index (χ3n) is 5.09. The molecule has 0 aromatic heterocycles. The van der Waals surface area contributed by atoms with E-state index in [2.05, 4.69) is 10.6 Å². The Morgan fingerprint density at radius 3 is 2.27 bits per heavy atom. The number of carboxylic acids is 1. The lowest BCUT2D eigenvalue weighted by Gasteiger charge is -2.23. The van der Waals surface area contributed by atoms with Crippen molar-refractivity contribution >= 4 is 12.1 Å². The summed E-state index contributed by atoms with van der Waals surface area (Å²) in [6.07, 6.45) is 0.400. The van der Waals surface area contributed by atoms with E-state index < -0.39 is 18.1 Å². The Bertz CT molecular complexity index is 888. The quantitative estimate of drug-likeness (QED) is 0.421. The third-order valence-corrected chi connectivity index (χ3v) is 5.09. The summed E-state index contributed by atoms with van der Waals surface area (Å²) in [6, 6.07) is 13.6. The Labute approximate surface area is 195 Å². The number of benzene rings is 2. The molecule has 0 fully saturated rings. The fraction of sp³-hybridized carbons (Fsp3) is 0.440. The molecule has 0 unspecified atom stereocenters. The van der Waals surface area contributed by atoms with Crippen LogP contribution in [0.5, 0.6) is 11.5 Å². The van der Waals surface area contributed by atoms with Gasteiger partial charge in [0, 0.05) is 12.6 Å². The highest BCUT2D eigenvalue weighted by Crippen LogP contribution is 2.28. The van der Waals surface area contributed by atoms with Crippen LogP contribution in [-0.2, 0) is 22.6 Å². The molecule has 0 heterocycles. The minimum Gasteiger partial charge on any atom is -0.493 e. The first-order valence-corrected chi connectivity index (χ1v) is 11.0. The Morgan fingerprint density at radius 2 is 1.67 bits per heavy atom. The van der Waals surface area contributed by atoms with Crippen molar-refractivity contribution in [2.45, 2.75) is 45.4 Å². The van der Waals surface area contributed by atoms with Crippen LogP contribution in [0.1, 0.15) is 31.4 Å². The topological polar surface area (TPSA) is 106 Å². The van der Waals surface area contributed by atoms with Gasteiger partial charge in [-0.1, -0.05) is 50.2 Å². The number of alkyl carbamates (subject to hydrolysis) is 1. The summed E-state index contributed by atoms with van der Waals surface area (Å²) >= 11 is 0. The molecule has 1 amide bonds. The number of carbonyl (C=O) groups excluding carboxylic acids is 1. The fourth-order valence-electron chi connectivity index (χ4n) is 3.47. The molecule has 3 N–H and O–H groups in total. The number of nitrogens with one attached hydrogen (secondary N) is 2. The lowest BCUT2D eigenvalue weighted by atomic mass is 10.0. The summed E-state index contributed by atoms with van der Waals surface area (Å²) in [4.78, 5) is 24.2. The number of carbonyl (C=O) groups is 2. The van der Waals surface area contributed by atoms with Gasteiger partial charge in [0.2, 0.25) is 0 Å². The number of ether oxygens (including phenoxy) is 3. The maximum absolute atomic E-state index is 12.3. The van der Waals surface area contributed by atoms with Crippen LogP contribution in [-0.4, -0.2) is 50.0 Å². The first kappa shape index (κ1) is 26.0. The zero-order valence-electron chi connectivity index (χ0n) is 19.7. The molecule has 0 spiro atoms.